The van der Waals surface area contributed by atoms with E-state index < -0.39 is 5.97 Å². The number of hydrogen-bond acceptors (Lipinski definition) is 5. The molecule has 122 valence electrons. The Morgan fingerprint density at radius 1 is 1.12 bits per heavy atom. The number of aryl methyl sites for hydroxylation is 1. The summed E-state index contributed by atoms with van der Waals surface area (Å²) in [5.74, 6) is -0.439. The molecule has 0 spiro atoms. The average molecular weight is 339 g/mol. The summed E-state index contributed by atoms with van der Waals surface area (Å²) in [5.41, 5.74) is 4.04. The maximum absolute atomic E-state index is 10.9. The van der Waals surface area contributed by atoms with Crippen LogP contribution < -0.4 is 5.32 Å². The lowest BCUT2D eigenvalue weighted by Crippen LogP contribution is -2.03. The molecule has 2 N–H and O–H groups in total. The van der Waals surface area contributed by atoms with Crippen molar-refractivity contribution in [1.29, 1.82) is 0 Å². The number of aliphatic carboxylic acids is 1. The van der Waals surface area contributed by atoms with Gasteiger partial charge in [-0.1, -0.05) is 42.1 Å². The van der Waals surface area contributed by atoms with Crippen LogP contribution >= 0.6 is 11.8 Å². The van der Waals surface area contributed by atoms with Crippen LogP contribution in [-0.4, -0.2) is 26.8 Å². The van der Waals surface area contributed by atoms with Gasteiger partial charge in [-0.2, -0.15) is 0 Å². The van der Waals surface area contributed by atoms with Gasteiger partial charge in [-0.25, -0.2) is 9.97 Å². The molecule has 0 fully saturated rings. The molecule has 2 aromatic carbocycles. The summed E-state index contributed by atoms with van der Waals surface area (Å²) in [6.45, 7) is 4.09. The fraction of sp³-hybridized carbons (Fsp3) is 0.167. The molecule has 0 saturated carbocycles. The van der Waals surface area contributed by atoms with E-state index >= 15 is 0 Å². The van der Waals surface area contributed by atoms with Gasteiger partial charge in [0.2, 0.25) is 5.95 Å². The van der Waals surface area contributed by atoms with Crippen LogP contribution in [0.4, 0.5) is 11.6 Å². The van der Waals surface area contributed by atoms with Gasteiger partial charge in [0.1, 0.15) is 5.03 Å². The maximum Gasteiger partial charge on any atom is 0.313 e. The van der Waals surface area contributed by atoms with Crippen molar-refractivity contribution >= 4 is 40.3 Å². The van der Waals surface area contributed by atoms with Crippen molar-refractivity contribution in [2.75, 3.05) is 11.1 Å². The fourth-order valence-electron chi connectivity index (χ4n) is 2.35. The first kappa shape index (κ1) is 16.3. The van der Waals surface area contributed by atoms with Gasteiger partial charge in [0.05, 0.1) is 11.3 Å². The van der Waals surface area contributed by atoms with Gasteiger partial charge in [-0.3, -0.25) is 4.79 Å². The number of rotatable bonds is 5. The Kier molecular flexibility index (Phi) is 4.66. The number of nitrogens with one attached hydrogen (secondary N) is 1. The Hall–Kier alpha value is -2.60. The number of benzene rings is 2. The van der Waals surface area contributed by atoms with Crippen molar-refractivity contribution in [3.63, 3.8) is 0 Å². The molecule has 5 nitrogen and oxygen atoms in total. The Bertz CT molecular complexity index is 912. The van der Waals surface area contributed by atoms with Crippen LogP contribution in [0.15, 0.2) is 47.5 Å². The van der Waals surface area contributed by atoms with Gasteiger partial charge in [-0.05, 0) is 37.1 Å². The summed E-state index contributed by atoms with van der Waals surface area (Å²) in [5, 5.41) is 13.7. The van der Waals surface area contributed by atoms with Crippen LogP contribution in [0.1, 0.15) is 11.1 Å². The molecule has 0 bridgehead atoms. The van der Waals surface area contributed by atoms with Crippen molar-refractivity contribution < 1.29 is 9.90 Å². The SMILES string of the molecule is Cc1cccc(Nc2nc(SCC(=O)O)c3ccccc3n2)c1C. The van der Waals surface area contributed by atoms with Crippen LogP contribution in [0.3, 0.4) is 0 Å². The molecule has 0 radical (unpaired) electrons. The summed E-state index contributed by atoms with van der Waals surface area (Å²) in [6, 6.07) is 13.6. The molecule has 3 rings (SSSR count). The first-order valence-electron chi connectivity index (χ1n) is 7.49. The van der Waals surface area contributed by atoms with E-state index in [1.807, 2.05) is 43.3 Å². The Morgan fingerprint density at radius 3 is 2.71 bits per heavy atom. The van der Waals surface area contributed by atoms with Gasteiger partial charge in [0, 0.05) is 11.1 Å². The van der Waals surface area contributed by atoms with Crippen LogP contribution in [0.5, 0.6) is 0 Å². The molecular formula is C18H17N3O2S. The van der Waals surface area contributed by atoms with Gasteiger partial charge in [0.15, 0.2) is 0 Å². The lowest BCUT2D eigenvalue weighted by Gasteiger charge is -2.12. The van der Waals surface area contributed by atoms with Crippen LogP contribution in [-0.2, 0) is 4.79 Å². The molecule has 0 aliphatic rings. The van der Waals surface area contributed by atoms with E-state index in [4.69, 9.17) is 5.11 Å². The van der Waals surface area contributed by atoms with Crippen molar-refractivity contribution in [3.8, 4) is 0 Å². The highest BCUT2D eigenvalue weighted by atomic mass is 32.2. The first-order chi connectivity index (χ1) is 11.5. The molecule has 3 aromatic rings. The van der Waals surface area contributed by atoms with Gasteiger partial charge >= 0.3 is 5.97 Å². The summed E-state index contributed by atoms with van der Waals surface area (Å²) < 4.78 is 0. The third kappa shape index (κ3) is 3.49. The van der Waals surface area contributed by atoms with Crippen molar-refractivity contribution in [2.24, 2.45) is 0 Å². The highest BCUT2D eigenvalue weighted by Crippen LogP contribution is 2.28. The van der Waals surface area contributed by atoms with E-state index in [0.717, 1.165) is 22.2 Å². The van der Waals surface area contributed by atoms with Crippen molar-refractivity contribution in [1.82, 2.24) is 9.97 Å². The highest BCUT2D eigenvalue weighted by Gasteiger charge is 2.11. The molecule has 0 aliphatic heterocycles. The first-order valence-corrected chi connectivity index (χ1v) is 8.48. The minimum Gasteiger partial charge on any atom is -0.481 e. The zero-order valence-electron chi connectivity index (χ0n) is 13.4. The highest BCUT2D eigenvalue weighted by molar-refractivity contribution is 8.00. The minimum absolute atomic E-state index is 0.0378. The van der Waals surface area contributed by atoms with Crippen LogP contribution in [0.2, 0.25) is 0 Å². The second kappa shape index (κ2) is 6.88. The number of para-hydroxylation sites is 1. The summed E-state index contributed by atoms with van der Waals surface area (Å²) in [4.78, 5) is 19.9. The van der Waals surface area contributed by atoms with Crippen LogP contribution in [0.25, 0.3) is 10.9 Å². The number of aromatic nitrogens is 2. The zero-order chi connectivity index (χ0) is 17.1. The second-order valence-electron chi connectivity index (χ2n) is 5.42. The molecule has 0 atom stereocenters. The largest absolute Gasteiger partial charge is 0.481 e. The van der Waals surface area contributed by atoms with Crippen LogP contribution in [0, 0.1) is 13.8 Å². The van der Waals surface area contributed by atoms with E-state index in [0.29, 0.717) is 11.0 Å². The lowest BCUT2D eigenvalue weighted by atomic mass is 10.1. The number of fused-ring (bicyclic) bond motifs is 1. The normalized spacial score (nSPS) is 10.8. The van der Waals surface area contributed by atoms with Crippen molar-refractivity contribution in [2.45, 2.75) is 18.9 Å². The van der Waals surface area contributed by atoms with E-state index in [9.17, 15) is 4.79 Å². The monoisotopic (exact) mass is 339 g/mol. The van der Waals surface area contributed by atoms with E-state index in [2.05, 4.69) is 28.3 Å². The third-order valence-corrected chi connectivity index (χ3v) is 4.73. The molecule has 0 aliphatic carbocycles. The predicted molar refractivity (Wildman–Crippen MR) is 97.1 cm³/mol. The minimum atomic E-state index is -0.869. The molecule has 6 heteroatoms. The van der Waals surface area contributed by atoms with E-state index in [-0.39, 0.29) is 5.75 Å². The molecule has 1 aromatic heterocycles. The quantitative estimate of drug-likeness (QED) is 0.537. The van der Waals surface area contributed by atoms with Gasteiger partial charge < -0.3 is 10.4 Å². The summed E-state index contributed by atoms with van der Waals surface area (Å²) >= 11 is 1.20. The molecule has 1 heterocycles. The third-order valence-electron chi connectivity index (χ3n) is 3.75. The smallest absolute Gasteiger partial charge is 0.313 e. The Labute approximate surface area is 144 Å². The Morgan fingerprint density at radius 2 is 1.92 bits per heavy atom. The number of carbonyl (C=O) groups is 1. The summed E-state index contributed by atoms with van der Waals surface area (Å²) in [6.07, 6.45) is 0. The zero-order valence-corrected chi connectivity index (χ0v) is 14.2. The number of thioether (sulfide) groups is 1. The van der Waals surface area contributed by atoms with Gasteiger partial charge in [0.25, 0.3) is 0 Å². The van der Waals surface area contributed by atoms with Crippen molar-refractivity contribution in [3.05, 3.63) is 53.6 Å². The fourth-order valence-corrected chi connectivity index (χ4v) is 3.09. The predicted octanol–water partition coefficient (Wildman–Crippen LogP) is 4.17. The molecular weight excluding hydrogens is 322 g/mol. The Balaban J connectivity index is 2.01. The van der Waals surface area contributed by atoms with Gasteiger partial charge in [-0.15, -0.1) is 0 Å². The molecule has 24 heavy (non-hydrogen) atoms. The topological polar surface area (TPSA) is 75.1 Å². The standard InChI is InChI=1S/C18H17N3O2S/c1-11-6-5-9-14(12(11)2)19-18-20-15-8-4-3-7-13(15)17(21-18)24-10-16(22)23/h3-9H,10H2,1-2H3,(H,22,23)(H,19,20,21). The van der Waals surface area contributed by atoms with E-state index in [1.54, 1.807) is 0 Å². The molecule has 0 amide bonds. The number of carboxylic acid groups (broad SMARTS) is 1. The number of nitrogens with zero attached hydrogens (tertiary/aromatic N) is 2. The number of anilines is 2. The summed E-state index contributed by atoms with van der Waals surface area (Å²) in [7, 11) is 0. The van der Waals surface area contributed by atoms with E-state index in [1.165, 1.54) is 17.3 Å². The lowest BCUT2D eigenvalue weighted by molar-refractivity contribution is -0.133. The molecule has 0 saturated heterocycles. The average Bonchev–Trinajstić information content (AvgIpc) is 2.57. The second-order valence-corrected chi connectivity index (χ2v) is 6.39. The maximum atomic E-state index is 10.9. The number of hydrogen-bond donors (Lipinski definition) is 2. The molecule has 0 unspecified atom stereocenters. The number of carboxylic acids is 1.